The molecule has 0 unspecified atom stereocenters. The van der Waals surface area contributed by atoms with Crippen LogP contribution in [-0.4, -0.2) is 135 Å². The van der Waals surface area contributed by atoms with Crippen molar-refractivity contribution >= 4 is 17.8 Å². The first-order valence-electron chi connectivity index (χ1n) is 14.6. The Morgan fingerprint density at radius 1 is 0.902 bits per heavy atom. The van der Waals surface area contributed by atoms with E-state index < -0.39 is 67.3 Å². The lowest BCUT2D eigenvalue weighted by Crippen LogP contribution is -2.58. The number of carbonyl (C=O) groups excluding carboxylic acids is 3. The van der Waals surface area contributed by atoms with Crippen LogP contribution in [-0.2, 0) is 33.4 Å². The first-order chi connectivity index (χ1) is 19.6. The zero-order chi connectivity index (χ0) is 29.9. The fraction of sp³-hybridized carbons (Fsp3) is 0.889. The summed E-state index contributed by atoms with van der Waals surface area (Å²) in [6, 6.07) is 0. The van der Waals surface area contributed by atoms with E-state index in [9.17, 15) is 39.9 Å². The van der Waals surface area contributed by atoms with E-state index in [2.05, 4.69) is 4.90 Å². The Bertz CT molecular complexity index is 829. The lowest BCUT2D eigenvalue weighted by Gasteiger charge is -2.40. The quantitative estimate of drug-likeness (QED) is 0.108. The SMILES string of the molecule is C[C@H]1CC[C@H](O)[C@H](OCCN(CCCCCC(=O)ON2C(=O)CCC2=O)CCC[C@H]2O[C@H](CO)[C@@H](O)[C@H](O)[C@@H]2O)O1. The largest absolute Gasteiger partial charge is 0.394 e. The van der Waals surface area contributed by atoms with Gasteiger partial charge in [-0.15, -0.1) is 5.06 Å². The van der Waals surface area contributed by atoms with Crippen LogP contribution in [0.4, 0.5) is 0 Å². The summed E-state index contributed by atoms with van der Waals surface area (Å²) < 4.78 is 17.1. The molecule has 3 aliphatic rings. The average Bonchev–Trinajstić information content (AvgIpc) is 3.26. The maximum Gasteiger partial charge on any atom is 0.333 e. The number of rotatable bonds is 16. The van der Waals surface area contributed by atoms with Gasteiger partial charge in [-0.2, -0.15) is 0 Å². The van der Waals surface area contributed by atoms with Crippen LogP contribution in [0.25, 0.3) is 0 Å². The van der Waals surface area contributed by atoms with E-state index >= 15 is 0 Å². The maximum atomic E-state index is 12.0. The molecule has 0 radical (unpaired) electrons. The molecule has 0 aromatic carbocycles. The van der Waals surface area contributed by atoms with Crippen LogP contribution in [0.1, 0.15) is 71.1 Å². The number of hydrogen-bond donors (Lipinski definition) is 5. The van der Waals surface area contributed by atoms with Crippen molar-refractivity contribution in [2.24, 2.45) is 0 Å². The van der Waals surface area contributed by atoms with Crippen LogP contribution in [0.3, 0.4) is 0 Å². The summed E-state index contributed by atoms with van der Waals surface area (Å²) in [5, 5.41) is 50.5. The summed E-state index contributed by atoms with van der Waals surface area (Å²) in [6.07, 6.45) is -2.64. The molecule has 41 heavy (non-hydrogen) atoms. The summed E-state index contributed by atoms with van der Waals surface area (Å²) in [5.41, 5.74) is 0. The Kier molecular flexibility index (Phi) is 13.8. The van der Waals surface area contributed by atoms with Crippen molar-refractivity contribution in [3.63, 3.8) is 0 Å². The molecule has 0 aromatic heterocycles. The molecule has 3 aliphatic heterocycles. The highest BCUT2D eigenvalue weighted by molar-refractivity contribution is 6.01. The summed E-state index contributed by atoms with van der Waals surface area (Å²) in [5.74, 6) is -1.64. The number of imide groups is 1. The highest BCUT2D eigenvalue weighted by Gasteiger charge is 2.43. The lowest BCUT2D eigenvalue weighted by atomic mass is 9.93. The van der Waals surface area contributed by atoms with Crippen molar-refractivity contribution in [3.05, 3.63) is 0 Å². The predicted molar refractivity (Wildman–Crippen MR) is 141 cm³/mol. The molecular formula is C27H46N2O12. The standard InChI is InChI=1S/C27H46N2O12/c1-17-8-9-18(31)27(39-17)38-15-14-28(13-5-6-19-24(35)26(37)25(36)20(16-30)40-19)12-4-2-3-7-23(34)41-29-21(32)10-11-22(29)33/h17-20,24-27,30-31,35-37H,2-16H2,1H3/t17-,18-,19+,20+,24+,25+,26+,27+/m0/s1. The molecule has 3 rings (SSSR count). The third-order valence-electron chi connectivity index (χ3n) is 7.75. The zero-order valence-corrected chi connectivity index (χ0v) is 23.7. The van der Waals surface area contributed by atoms with Gasteiger partial charge in [0.2, 0.25) is 0 Å². The van der Waals surface area contributed by atoms with Gasteiger partial charge in [-0.05, 0) is 58.5 Å². The first-order valence-corrected chi connectivity index (χ1v) is 14.6. The number of aliphatic hydroxyl groups excluding tert-OH is 5. The van der Waals surface area contributed by atoms with E-state index in [4.69, 9.17) is 19.0 Å². The molecule has 0 aliphatic carbocycles. The van der Waals surface area contributed by atoms with Gasteiger partial charge in [0.15, 0.2) is 6.29 Å². The number of aliphatic hydroxyl groups is 5. The minimum atomic E-state index is -1.41. The van der Waals surface area contributed by atoms with Crippen molar-refractivity contribution in [2.75, 3.05) is 32.8 Å². The van der Waals surface area contributed by atoms with Gasteiger partial charge in [-0.25, -0.2) is 4.79 Å². The van der Waals surface area contributed by atoms with Crippen molar-refractivity contribution in [1.29, 1.82) is 0 Å². The molecule has 3 fully saturated rings. The van der Waals surface area contributed by atoms with Crippen LogP contribution in [0.5, 0.6) is 0 Å². The third-order valence-corrected chi connectivity index (χ3v) is 7.75. The van der Waals surface area contributed by atoms with E-state index in [1.54, 1.807) is 0 Å². The molecule has 236 valence electrons. The summed E-state index contributed by atoms with van der Waals surface area (Å²) in [7, 11) is 0. The summed E-state index contributed by atoms with van der Waals surface area (Å²) in [4.78, 5) is 42.2. The smallest absolute Gasteiger partial charge is 0.333 e. The van der Waals surface area contributed by atoms with Gasteiger partial charge in [0.05, 0.1) is 25.4 Å². The van der Waals surface area contributed by atoms with Crippen LogP contribution >= 0.6 is 0 Å². The van der Waals surface area contributed by atoms with Crippen LogP contribution in [0, 0.1) is 0 Å². The monoisotopic (exact) mass is 590 g/mol. The molecule has 0 aromatic rings. The van der Waals surface area contributed by atoms with E-state index in [1.165, 1.54) is 0 Å². The minimum Gasteiger partial charge on any atom is -0.394 e. The molecule has 0 saturated carbocycles. The van der Waals surface area contributed by atoms with Crippen LogP contribution in [0.15, 0.2) is 0 Å². The average molecular weight is 591 g/mol. The molecule has 8 atom stereocenters. The van der Waals surface area contributed by atoms with Gasteiger partial charge in [0.1, 0.15) is 30.5 Å². The van der Waals surface area contributed by atoms with Gasteiger partial charge < -0.3 is 49.5 Å². The van der Waals surface area contributed by atoms with Gasteiger partial charge in [-0.1, -0.05) is 6.42 Å². The second-order valence-corrected chi connectivity index (χ2v) is 11.0. The number of unbranched alkanes of at least 4 members (excludes halogenated alkanes) is 2. The van der Waals surface area contributed by atoms with Crippen LogP contribution in [0.2, 0.25) is 0 Å². The number of amides is 2. The second kappa shape index (κ2) is 16.8. The van der Waals surface area contributed by atoms with E-state index in [1.807, 2.05) is 6.92 Å². The van der Waals surface area contributed by atoms with Gasteiger partial charge in [0, 0.05) is 25.8 Å². The minimum absolute atomic E-state index is 0.00596. The number of hydrogen-bond acceptors (Lipinski definition) is 13. The maximum absolute atomic E-state index is 12.0. The molecule has 3 saturated heterocycles. The summed E-state index contributed by atoms with van der Waals surface area (Å²) >= 11 is 0. The normalized spacial score (nSPS) is 32.6. The van der Waals surface area contributed by atoms with Gasteiger partial charge >= 0.3 is 5.97 Å². The highest BCUT2D eigenvalue weighted by atomic mass is 16.7. The third kappa shape index (κ3) is 10.2. The molecular weight excluding hydrogens is 544 g/mol. The van der Waals surface area contributed by atoms with Crippen molar-refractivity contribution in [3.8, 4) is 0 Å². The molecule has 14 heteroatoms. The predicted octanol–water partition coefficient (Wildman–Crippen LogP) is -1.02. The van der Waals surface area contributed by atoms with Crippen molar-refractivity contribution < 1.29 is 59.0 Å². The van der Waals surface area contributed by atoms with E-state index in [0.29, 0.717) is 63.4 Å². The number of nitrogens with zero attached hydrogens (tertiary/aromatic N) is 2. The molecule has 3 heterocycles. The second-order valence-electron chi connectivity index (χ2n) is 11.0. The first kappa shape index (κ1) is 33.7. The molecule has 0 spiro atoms. The zero-order valence-electron chi connectivity index (χ0n) is 23.7. The highest BCUT2D eigenvalue weighted by Crippen LogP contribution is 2.24. The lowest BCUT2D eigenvalue weighted by molar-refractivity contribution is -0.237. The van der Waals surface area contributed by atoms with Crippen molar-refractivity contribution in [1.82, 2.24) is 9.96 Å². The number of ether oxygens (including phenoxy) is 3. The number of carbonyl (C=O) groups is 3. The molecule has 2 amide bonds. The Hall–Kier alpha value is -1.75. The van der Waals surface area contributed by atoms with Gasteiger partial charge in [-0.3, -0.25) is 9.59 Å². The fourth-order valence-corrected chi connectivity index (χ4v) is 5.23. The Labute approximate surface area is 240 Å². The Morgan fingerprint density at radius 2 is 1.59 bits per heavy atom. The fourth-order valence-electron chi connectivity index (χ4n) is 5.23. The van der Waals surface area contributed by atoms with E-state index in [-0.39, 0.29) is 25.4 Å². The van der Waals surface area contributed by atoms with Crippen LogP contribution < -0.4 is 0 Å². The topological polar surface area (TPSA) is 196 Å². The van der Waals surface area contributed by atoms with Gasteiger partial charge in [0.25, 0.3) is 11.8 Å². The molecule has 14 nitrogen and oxygen atoms in total. The summed E-state index contributed by atoms with van der Waals surface area (Å²) in [6.45, 7) is 3.58. The van der Waals surface area contributed by atoms with Crippen molar-refractivity contribution in [2.45, 2.75) is 120 Å². The molecule has 0 bridgehead atoms. The Morgan fingerprint density at radius 3 is 2.29 bits per heavy atom. The molecule has 5 N–H and O–H groups in total. The Balaban J connectivity index is 1.42. The number of hydroxylamine groups is 2. The van der Waals surface area contributed by atoms with E-state index in [0.717, 1.165) is 12.8 Å².